The number of rotatable bonds is 5. The number of carbonyl (C=O) groups excluding carboxylic acids is 1. The van der Waals surface area contributed by atoms with Gasteiger partial charge in [0, 0.05) is 32.1 Å². The number of halogens is 1. The minimum absolute atomic E-state index is 0. The molecule has 1 amide bonds. The van der Waals surface area contributed by atoms with Crippen LogP contribution in [-0.4, -0.2) is 29.9 Å². The van der Waals surface area contributed by atoms with Crippen LogP contribution in [0.15, 0.2) is 24.3 Å². The normalized spacial score (nSPS) is 25.4. The van der Waals surface area contributed by atoms with E-state index in [-0.39, 0.29) is 12.4 Å². The summed E-state index contributed by atoms with van der Waals surface area (Å²) in [6.45, 7) is 5.13. The van der Waals surface area contributed by atoms with Crippen molar-refractivity contribution >= 4 is 18.3 Å². The van der Waals surface area contributed by atoms with Crippen LogP contribution in [0.5, 0.6) is 0 Å². The molecular formula is C20H31ClN2O. The average molecular weight is 351 g/mol. The van der Waals surface area contributed by atoms with Crippen molar-refractivity contribution in [3.63, 3.8) is 0 Å². The molecule has 2 aliphatic heterocycles. The van der Waals surface area contributed by atoms with Gasteiger partial charge in [0.05, 0.1) is 0 Å². The summed E-state index contributed by atoms with van der Waals surface area (Å²) in [4.78, 5) is 14.4. The molecule has 1 aromatic rings. The Morgan fingerprint density at radius 3 is 2.29 bits per heavy atom. The van der Waals surface area contributed by atoms with Crippen LogP contribution in [0.1, 0.15) is 63.0 Å². The number of piperidine rings is 1. The molecule has 4 heteroatoms. The maximum Gasteiger partial charge on any atom is 0.222 e. The van der Waals surface area contributed by atoms with Crippen LogP contribution < -0.4 is 5.32 Å². The summed E-state index contributed by atoms with van der Waals surface area (Å²) in [5, 5.41) is 3.65. The van der Waals surface area contributed by atoms with E-state index in [4.69, 9.17) is 0 Å². The number of nitrogens with zero attached hydrogens (tertiary/aromatic N) is 1. The monoisotopic (exact) mass is 350 g/mol. The maximum absolute atomic E-state index is 12.5. The lowest BCUT2D eigenvalue weighted by Gasteiger charge is -2.30. The number of benzene rings is 1. The first-order chi connectivity index (χ1) is 11.0. The van der Waals surface area contributed by atoms with Crippen molar-refractivity contribution < 1.29 is 4.79 Å². The van der Waals surface area contributed by atoms with Crippen LogP contribution in [0.25, 0.3) is 0 Å². The third kappa shape index (κ3) is 4.73. The van der Waals surface area contributed by atoms with Gasteiger partial charge in [-0.2, -0.15) is 0 Å². The largest absolute Gasteiger partial charge is 0.341 e. The molecule has 2 aliphatic rings. The molecule has 1 N–H and O–H groups in total. The minimum atomic E-state index is 0. The van der Waals surface area contributed by atoms with Gasteiger partial charge in [0.25, 0.3) is 0 Å². The molecule has 2 saturated heterocycles. The molecule has 134 valence electrons. The fourth-order valence-electron chi connectivity index (χ4n) is 4.11. The molecule has 0 aliphatic carbocycles. The number of hydrogen-bond acceptors (Lipinski definition) is 2. The van der Waals surface area contributed by atoms with Crippen LogP contribution in [-0.2, 0) is 11.3 Å². The summed E-state index contributed by atoms with van der Waals surface area (Å²) in [5.74, 6) is 1.43. The first-order valence-electron chi connectivity index (χ1n) is 9.10. The highest BCUT2D eigenvalue weighted by Gasteiger charge is 2.34. The van der Waals surface area contributed by atoms with Crippen molar-refractivity contribution in [1.29, 1.82) is 0 Å². The van der Waals surface area contributed by atoms with E-state index >= 15 is 0 Å². The van der Waals surface area contributed by atoms with Gasteiger partial charge in [0.15, 0.2) is 0 Å². The summed E-state index contributed by atoms with van der Waals surface area (Å²) in [5.41, 5.74) is 2.57. The summed E-state index contributed by atoms with van der Waals surface area (Å²) >= 11 is 0. The number of carbonyl (C=O) groups is 1. The second-order valence-corrected chi connectivity index (χ2v) is 7.83. The Morgan fingerprint density at radius 2 is 1.75 bits per heavy atom. The summed E-state index contributed by atoms with van der Waals surface area (Å²) in [6.07, 6.45) is 5.67. The highest BCUT2D eigenvalue weighted by atomic mass is 35.5. The quantitative estimate of drug-likeness (QED) is 0.866. The molecule has 3 rings (SSSR count). The minimum Gasteiger partial charge on any atom is -0.341 e. The number of amides is 1. The van der Waals surface area contributed by atoms with Crippen molar-refractivity contribution in [2.24, 2.45) is 5.92 Å². The molecule has 24 heavy (non-hydrogen) atoms. The molecule has 0 spiro atoms. The predicted octanol–water partition coefficient (Wildman–Crippen LogP) is 4.11. The van der Waals surface area contributed by atoms with E-state index in [0.29, 0.717) is 29.8 Å². The second kappa shape index (κ2) is 8.35. The molecule has 0 aromatic heterocycles. The summed E-state index contributed by atoms with van der Waals surface area (Å²) in [7, 11) is 1.94. The van der Waals surface area contributed by atoms with E-state index in [1.165, 1.54) is 36.8 Å². The summed E-state index contributed by atoms with van der Waals surface area (Å²) in [6, 6.07) is 10.0. The van der Waals surface area contributed by atoms with Gasteiger partial charge in [-0.15, -0.1) is 12.4 Å². The van der Waals surface area contributed by atoms with E-state index in [2.05, 4.69) is 43.4 Å². The number of hydrogen-bond donors (Lipinski definition) is 1. The standard InChI is InChI=1S/C20H30N2O.ClH/c1-14(2)17-6-4-15(5-7-17)13-22(3)20(23)12-16-10-18-8-9-19(11-16)21-18;/h4-7,14,16,18-19,21H,8-13H2,1-3H3;1H. The Kier molecular flexibility index (Phi) is 6.70. The first kappa shape index (κ1) is 19.3. The third-order valence-corrected chi connectivity index (χ3v) is 5.53. The lowest BCUT2D eigenvalue weighted by Crippen LogP contribution is -2.39. The van der Waals surface area contributed by atoms with Gasteiger partial charge in [-0.25, -0.2) is 0 Å². The highest BCUT2D eigenvalue weighted by Crippen LogP contribution is 2.33. The third-order valence-electron chi connectivity index (χ3n) is 5.53. The average Bonchev–Trinajstić information content (AvgIpc) is 2.86. The van der Waals surface area contributed by atoms with Gasteiger partial charge in [0.2, 0.25) is 5.91 Å². The van der Waals surface area contributed by atoms with Gasteiger partial charge in [-0.1, -0.05) is 38.1 Å². The highest BCUT2D eigenvalue weighted by molar-refractivity contribution is 5.85. The lowest BCUT2D eigenvalue weighted by molar-refractivity contribution is -0.131. The maximum atomic E-state index is 12.5. The molecule has 0 radical (unpaired) electrons. The second-order valence-electron chi connectivity index (χ2n) is 7.83. The molecule has 2 bridgehead atoms. The van der Waals surface area contributed by atoms with Gasteiger partial charge in [0.1, 0.15) is 0 Å². The van der Waals surface area contributed by atoms with Crippen LogP contribution in [0.2, 0.25) is 0 Å². The van der Waals surface area contributed by atoms with E-state index in [9.17, 15) is 4.79 Å². The van der Waals surface area contributed by atoms with E-state index in [1.54, 1.807) is 0 Å². The molecule has 2 heterocycles. The number of fused-ring (bicyclic) bond motifs is 2. The SMILES string of the molecule is CC(C)c1ccc(CN(C)C(=O)CC2CC3CCC(C2)N3)cc1.Cl. The van der Waals surface area contributed by atoms with Crippen LogP contribution >= 0.6 is 12.4 Å². The number of nitrogens with one attached hydrogen (secondary N) is 1. The summed E-state index contributed by atoms with van der Waals surface area (Å²) < 4.78 is 0. The van der Waals surface area contributed by atoms with Crippen LogP contribution in [0.4, 0.5) is 0 Å². The lowest BCUT2D eigenvalue weighted by atomic mass is 9.89. The van der Waals surface area contributed by atoms with Gasteiger partial charge >= 0.3 is 0 Å². The molecular weight excluding hydrogens is 320 g/mol. The molecule has 2 unspecified atom stereocenters. The van der Waals surface area contributed by atoms with E-state index in [0.717, 1.165) is 13.0 Å². The van der Waals surface area contributed by atoms with Crippen molar-refractivity contribution in [2.45, 2.75) is 70.5 Å². The zero-order valence-electron chi connectivity index (χ0n) is 15.1. The Bertz CT molecular complexity index is 531. The van der Waals surface area contributed by atoms with Crippen molar-refractivity contribution in [2.75, 3.05) is 7.05 Å². The molecule has 0 saturated carbocycles. The fraction of sp³-hybridized carbons (Fsp3) is 0.650. The predicted molar refractivity (Wildman–Crippen MR) is 102 cm³/mol. The Morgan fingerprint density at radius 1 is 1.17 bits per heavy atom. The van der Waals surface area contributed by atoms with Crippen LogP contribution in [0.3, 0.4) is 0 Å². The molecule has 2 atom stereocenters. The van der Waals surface area contributed by atoms with E-state index < -0.39 is 0 Å². The Labute approximate surface area is 152 Å². The fourth-order valence-corrected chi connectivity index (χ4v) is 4.11. The van der Waals surface area contributed by atoms with Gasteiger partial charge in [-0.05, 0) is 48.6 Å². The van der Waals surface area contributed by atoms with Crippen molar-refractivity contribution in [3.8, 4) is 0 Å². The zero-order valence-corrected chi connectivity index (χ0v) is 15.9. The van der Waals surface area contributed by atoms with Gasteiger partial charge < -0.3 is 10.2 Å². The van der Waals surface area contributed by atoms with Gasteiger partial charge in [-0.3, -0.25) is 4.79 Å². The smallest absolute Gasteiger partial charge is 0.222 e. The molecule has 2 fully saturated rings. The van der Waals surface area contributed by atoms with Crippen molar-refractivity contribution in [1.82, 2.24) is 10.2 Å². The molecule has 3 nitrogen and oxygen atoms in total. The topological polar surface area (TPSA) is 32.3 Å². The zero-order chi connectivity index (χ0) is 16.4. The Balaban J connectivity index is 0.00000208. The molecule has 1 aromatic carbocycles. The first-order valence-corrected chi connectivity index (χ1v) is 9.10. The van der Waals surface area contributed by atoms with Crippen LogP contribution in [0, 0.1) is 5.92 Å². The van der Waals surface area contributed by atoms with Crippen molar-refractivity contribution in [3.05, 3.63) is 35.4 Å². The Hall–Kier alpha value is -1.06. The van der Waals surface area contributed by atoms with E-state index in [1.807, 2.05) is 11.9 Å².